The fraction of sp³-hybridized carbons (Fsp3) is 0.481. The monoisotopic (exact) mass is 447 g/mol. The second-order valence-electron chi connectivity index (χ2n) is 9.98. The molecule has 0 radical (unpaired) electrons. The Labute approximate surface area is 194 Å². The molecule has 1 aliphatic carbocycles. The van der Waals surface area contributed by atoms with Crippen LogP contribution in [-0.2, 0) is 17.9 Å². The minimum Gasteiger partial charge on any atom is -0.460 e. The van der Waals surface area contributed by atoms with Crippen molar-refractivity contribution in [3.63, 3.8) is 0 Å². The predicted octanol–water partition coefficient (Wildman–Crippen LogP) is 5.10. The molecule has 1 aromatic carbocycles. The molecule has 1 aliphatic heterocycles. The topological polar surface area (TPSA) is 67.5 Å². The number of rotatable bonds is 4. The summed E-state index contributed by atoms with van der Waals surface area (Å²) < 4.78 is 7.78. The summed E-state index contributed by atoms with van der Waals surface area (Å²) >= 11 is 0. The molecule has 174 valence electrons. The number of carbonyl (C=O) groups is 2. The van der Waals surface area contributed by atoms with Gasteiger partial charge in [-0.2, -0.15) is 0 Å². The lowest BCUT2D eigenvalue weighted by atomic mass is 9.92. The van der Waals surface area contributed by atoms with Gasteiger partial charge in [0.05, 0.1) is 12.1 Å². The first-order valence-electron chi connectivity index (χ1n) is 12.1. The van der Waals surface area contributed by atoms with E-state index >= 15 is 0 Å². The molecule has 33 heavy (non-hydrogen) atoms. The third-order valence-corrected chi connectivity index (χ3v) is 7.51. The van der Waals surface area contributed by atoms with E-state index in [4.69, 9.17) is 4.42 Å². The van der Waals surface area contributed by atoms with Crippen molar-refractivity contribution < 1.29 is 14.0 Å². The van der Waals surface area contributed by atoms with Crippen LogP contribution in [0.5, 0.6) is 0 Å². The average Bonchev–Trinajstić information content (AvgIpc) is 3.17. The first-order valence-corrected chi connectivity index (χ1v) is 12.1. The third kappa shape index (κ3) is 3.85. The molecule has 6 nitrogen and oxygen atoms in total. The molecule has 2 aliphatic rings. The van der Waals surface area contributed by atoms with Gasteiger partial charge in [-0.15, -0.1) is 0 Å². The number of carbonyl (C=O) groups excluding carboxylic acids is 2. The zero-order valence-corrected chi connectivity index (χ0v) is 19.8. The molecule has 2 aromatic heterocycles. The van der Waals surface area contributed by atoms with E-state index in [0.29, 0.717) is 24.4 Å². The number of nitrogens with one attached hydrogen (secondary N) is 1. The highest BCUT2D eigenvalue weighted by molar-refractivity contribution is 6.03. The highest BCUT2D eigenvalue weighted by atomic mass is 16.3. The molecule has 1 N–H and O–H groups in total. The Morgan fingerprint density at radius 3 is 2.58 bits per heavy atom. The summed E-state index contributed by atoms with van der Waals surface area (Å²) in [6.45, 7) is 6.66. The molecule has 6 heteroatoms. The van der Waals surface area contributed by atoms with Gasteiger partial charge < -0.3 is 19.2 Å². The van der Waals surface area contributed by atoms with Crippen molar-refractivity contribution in [1.82, 2.24) is 14.8 Å². The Morgan fingerprint density at radius 2 is 1.85 bits per heavy atom. The zero-order valence-electron chi connectivity index (χ0n) is 19.8. The molecule has 3 heterocycles. The highest BCUT2D eigenvalue weighted by Gasteiger charge is 2.48. The number of aryl methyl sites for hydroxylation is 2. The number of hydrogen-bond donors (Lipinski definition) is 1. The number of hydrogen-bond acceptors (Lipinski definition) is 3. The largest absolute Gasteiger partial charge is 0.460 e. The number of fused-ring (bicyclic) bond motifs is 3. The van der Waals surface area contributed by atoms with Crippen LogP contribution in [0.25, 0.3) is 11.1 Å². The summed E-state index contributed by atoms with van der Waals surface area (Å²) in [6.07, 6.45) is 6.76. The number of benzene rings is 1. The van der Waals surface area contributed by atoms with Crippen LogP contribution in [0.15, 0.2) is 40.8 Å². The Bertz CT molecular complexity index is 1200. The Kier molecular flexibility index (Phi) is 5.55. The van der Waals surface area contributed by atoms with Crippen molar-refractivity contribution in [3.05, 3.63) is 59.0 Å². The van der Waals surface area contributed by atoms with E-state index in [1.54, 1.807) is 4.90 Å². The zero-order chi connectivity index (χ0) is 23.2. The van der Waals surface area contributed by atoms with Crippen molar-refractivity contribution in [2.45, 2.75) is 84.0 Å². The second kappa shape index (κ2) is 8.40. The Morgan fingerprint density at radius 1 is 1.12 bits per heavy atom. The average molecular weight is 448 g/mol. The summed E-state index contributed by atoms with van der Waals surface area (Å²) in [5.74, 6) is 0.603. The van der Waals surface area contributed by atoms with Crippen molar-refractivity contribution in [1.29, 1.82) is 0 Å². The second-order valence-corrected chi connectivity index (χ2v) is 9.98. The van der Waals surface area contributed by atoms with Crippen LogP contribution in [-0.4, -0.2) is 32.9 Å². The first-order chi connectivity index (χ1) is 15.9. The van der Waals surface area contributed by atoms with Gasteiger partial charge in [0.1, 0.15) is 17.0 Å². The number of furan rings is 1. The minimum absolute atomic E-state index is 0.0657. The van der Waals surface area contributed by atoms with Crippen molar-refractivity contribution in [3.8, 4) is 0 Å². The summed E-state index contributed by atoms with van der Waals surface area (Å²) in [6, 6.07) is 12.0. The van der Waals surface area contributed by atoms with Crippen LogP contribution < -0.4 is 5.32 Å². The van der Waals surface area contributed by atoms with Gasteiger partial charge in [-0.25, -0.2) is 0 Å². The fourth-order valence-corrected chi connectivity index (χ4v) is 5.43. The van der Waals surface area contributed by atoms with E-state index in [9.17, 15) is 9.59 Å². The molecule has 1 atom stereocenters. The molecule has 5 rings (SSSR count). The summed E-state index contributed by atoms with van der Waals surface area (Å²) in [4.78, 5) is 29.5. The molecule has 0 bridgehead atoms. The van der Waals surface area contributed by atoms with E-state index in [1.807, 2.05) is 61.7 Å². The maximum atomic E-state index is 13.9. The molecular weight excluding hydrogens is 414 g/mol. The van der Waals surface area contributed by atoms with E-state index in [1.165, 1.54) is 12.8 Å². The van der Waals surface area contributed by atoms with Gasteiger partial charge in [-0.1, -0.05) is 49.9 Å². The van der Waals surface area contributed by atoms with Gasteiger partial charge in [0.25, 0.3) is 5.91 Å². The van der Waals surface area contributed by atoms with Gasteiger partial charge in [-0.3, -0.25) is 9.59 Å². The van der Waals surface area contributed by atoms with Gasteiger partial charge in [-0.05, 0) is 44.7 Å². The van der Waals surface area contributed by atoms with Gasteiger partial charge >= 0.3 is 0 Å². The Hall–Kier alpha value is -3.02. The molecule has 0 unspecified atom stereocenters. The first kappa shape index (κ1) is 21.8. The van der Waals surface area contributed by atoms with E-state index < -0.39 is 5.54 Å². The van der Waals surface area contributed by atoms with Crippen molar-refractivity contribution >= 4 is 22.9 Å². The molecule has 1 fully saturated rings. The lowest BCUT2D eigenvalue weighted by Gasteiger charge is -2.44. The van der Waals surface area contributed by atoms with Crippen LogP contribution in [0.4, 0.5) is 0 Å². The molecule has 3 aromatic rings. The van der Waals surface area contributed by atoms with Crippen LogP contribution in [0.1, 0.15) is 72.8 Å². The summed E-state index contributed by atoms with van der Waals surface area (Å²) in [5.41, 5.74) is 3.31. The molecule has 1 saturated carbocycles. The quantitative estimate of drug-likeness (QED) is 0.566. The molecule has 0 saturated heterocycles. The van der Waals surface area contributed by atoms with Gasteiger partial charge in [0, 0.05) is 24.7 Å². The minimum atomic E-state index is -1.00. The highest BCUT2D eigenvalue weighted by Crippen LogP contribution is 2.35. The maximum absolute atomic E-state index is 13.9. The van der Waals surface area contributed by atoms with E-state index in [2.05, 4.69) is 5.32 Å². The standard InChI is InChI=1S/C27H33N3O3/c1-18-10-8-9-11-20(18)16-30-25(31)23-15-24-22(14-19(2)33-24)29(23)17-27(30,3)26(32)28-21-12-6-4-5-7-13-21/h8-11,14-15,21H,4-7,12-13,16-17H2,1-3H3,(H,28,32)/t27-/m0/s1. The van der Waals surface area contributed by atoms with Gasteiger partial charge in [0.15, 0.2) is 5.58 Å². The van der Waals surface area contributed by atoms with Crippen LogP contribution in [0.2, 0.25) is 0 Å². The van der Waals surface area contributed by atoms with Gasteiger partial charge in [0.2, 0.25) is 5.91 Å². The fourth-order valence-electron chi connectivity index (χ4n) is 5.43. The normalized spacial score (nSPS) is 21.8. The number of nitrogens with zero attached hydrogens (tertiary/aromatic N) is 2. The summed E-state index contributed by atoms with van der Waals surface area (Å²) in [7, 11) is 0. The Balaban J connectivity index is 1.54. The van der Waals surface area contributed by atoms with Crippen LogP contribution in [0, 0.1) is 13.8 Å². The molecule has 0 spiro atoms. The lowest BCUT2D eigenvalue weighted by molar-refractivity contribution is -0.134. The predicted molar refractivity (Wildman–Crippen MR) is 128 cm³/mol. The maximum Gasteiger partial charge on any atom is 0.271 e. The van der Waals surface area contributed by atoms with Crippen molar-refractivity contribution in [2.24, 2.45) is 0 Å². The van der Waals surface area contributed by atoms with E-state index in [-0.39, 0.29) is 17.9 Å². The van der Waals surface area contributed by atoms with E-state index in [0.717, 1.165) is 48.1 Å². The number of aromatic nitrogens is 1. The van der Waals surface area contributed by atoms with Crippen LogP contribution >= 0.6 is 0 Å². The molecular formula is C27H33N3O3. The third-order valence-electron chi connectivity index (χ3n) is 7.51. The summed E-state index contributed by atoms with van der Waals surface area (Å²) in [5, 5.41) is 3.33. The van der Waals surface area contributed by atoms with Crippen LogP contribution in [0.3, 0.4) is 0 Å². The SMILES string of the molecule is Cc1cc2c(cc3n2C[C@@](C)(C(=O)NC2CCCCCC2)N(Cc2ccccc2C)C3=O)o1. The number of amides is 2. The molecule has 2 amide bonds. The smallest absolute Gasteiger partial charge is 0.271 e. The van der Waals surface area contributed by atoms with Crippen molar-refractivity contribution in [2.75, 3.05) is 0 Å². The lowest BCUT2D eigenvalue weighted by Crippen LogP contribution is -2.64.